The van der Waals surface area contributed by atoms with Gasteiger partial charge in [0, 0.05) is 24.2 Å². The van der Waals surface area contributed by atoms with Crippen molar-refractivity contribution in [2.75, 3.05) is 0 Å². The van der Waals surface area contributed by atoms with E-state index in [4.69, 9.17) is 0 Å². The van der Waals surface area contributed by atoms with Crippen LogP contribution in [-0.4, -0.2) is 18.0 Å². The molecule has 4 heteroatoms. The molecular weight excluding hydrogens is 298 g/mol. The van der Waals surface area contributed by atoms with Crippen molar-refractivity contribution in [1.29, 1.82) is 0 Å². The molecule has 126 valence electrons. The Balaban J connectivity index is 1.74. The van der Waals surface area contributed by atoms with E-state index in [0.29, 0.717) is 19.3 Å². The number of carbonyl (C=O) groups excluding carboxylic acids is 2. The number of hydrogen-bond donors (Lipinski definition) is 0. The van der Waals surface area contributed by atoms with Gasteiger partial charge in [-0.15, -0.1) is 0 Å². The maximum absolute atomic E-state index is 13.9. The van der Waals surface area contributed by atoms with Crippen LogP contribution >= 0.6 is 0 Å². The quantitative estimate of drug-likeness (QED) is 0.725. The van der Waals surface area contributed by atoms with Gasteiger partial charge in [-0.25, -0.2) is 8.78 Å². The third-order valence-corrected chi connectivity index (χ3v) is 7.38. The summed E-state index contributed by atoms with van der Waals surface area (Å²) in [5.41, 5.74) is 0.578. The standard InChI is InChI=1S/C19H24F2O2/c1-19-9-14(18(20)21)17-12-5-3-11(22)8-10(12)2-4-13(17)15(19)6-7-16(19)23/h8,12-15,17-18H,2-7,9H2,1H3/t12?,13?,14?,15?,17?,19-/m0/s1. The van der Waals surface area contributed by atoms with E-state index in [-0.39, 0.29) is 35.2 Å². The number of fused-ring (bicyclic) bond motifs is 5. The fourth-order valence-electron chi connectivity index (χ4n) is 6.41. The van der Waals surface area contributed by atoms with E-state index < -0.39 is 17.8 Å². The summed E-state index contributed by atoms with van der Waals surface area (Å²) in [7, 11) is 0. The molecule has 0 aromatic heterocycles. The first-order chi connectivity index (χ1) is 10.9. The summed E-state index contributed by atoms with van der Waals surface area (Å²) in [6.45, 7) is 1.94. The van der Waals surface area contributed by atoms with E-state index in [1.807, 2.05) is 6.92 Å². The van der Waals surface area contributed by atoms with Crippen molar-refractivity contribution in [3.63, 3.8) is 0 Å². The van der Waals surface area contributed by atoms with Gasteiger partial charge in [-0.1, -0.05) is 12.5 Å². The topological polar surface area (TPSA) is 34.1 Å². The molecule has 4 aliphatic rings. The number of halogens is 2. The molecule has 23 heavy (non-hydrogen) atoms. The van der Waals surface area contributed by atoms with E-state index in [9.17, 15) is 18.4 Å². The number of Topliss-reactive ketones (excluding diaryl/α,β-unsaturated/α-hetero) is 1. The van der Waals surface area contributed by atoms with Crippen molar-refractivity contribution >= 4 is 11.6 Å². The molecule has 0 spiro atoms. The van der Waals surface area contributed by atoms with Gasteiger partial charge in [0.1, 0.15) is 5.78 Å². The van der Waals surface area contributed by atoms with Crippen LogP contribution in [0.5, 0.6) is 0 Å². The van der Waals surface area contributed by atoms with Gasteiger partial charge in [0.2, 0.25) is 6.43 Å². The third-order valence-electron chi connectivity index (χ3n) is 7.38. The highest BCUT2D eigenvalue weighted by atomic mass is 19.3. The zero-order valence-electron chi connectivity index (χ0n) is 13.6. The number of alkyl halides is 2. The molecule has 6 atom stereocenters. The molecule has 0 radical (unpaired) electrons. The Morgan fingerprint density at radius 3 is 2.65 bits per heavy atom. The molecule has 0 bridgehead atoms. The first-order valence-electron chi connectivity index (χ1n) is 8.96. The smallest absolute Gasteiger partial charge is 0.241 e. The Hall–Kier alpha value is -1.06. The molecule has 0 heterocycles. The number of carbonyl (C=O) groups is 2. The Kier molecular flexibility index (Phi) is 3.51. The van der Waals surface area contributed by atoms with Crippen LogP contribution in [0.4, 0.5) is 8.78 Å². The maximum Gasteiger partial charge on any atom is 0.241 e. The predicted octanol–water partition coefficient (Wildman–Crippen LogP) is 4.19. The van der Waals surface area contributed by atoms with Crippen LogP contribution in [0.1, 0.15) is 51.9 Å². The number of allylic oxidation sites excluding steroid dienone is 1. The normalized spacial score (nSPS) is 46.3. The minimum Gasteiger partial charge on any atom is -0.299 e. The highest BCUT2D eigenvalue weighted by molar-refractivity contribution is 5.91. The molecule has 0 amide bonds. The van der Waals surface area contributed by atoms with Gasteiger partial charge >= 0.3 is 0 Å². The highest BCUT2D eigenvalue weighted by Crippen LogP contribution is 2.63. The third kappa shape index (κ3) is 2.16. The van der Waals surface area contributed by atoms with Crippen LogP contribution in [0.15, 0.2) is 11.6 Å². The lowest BCUT2D eigenvalue weighted by molar-refractivity contribution is -0.141. The fourth-order valence-corrected chi connectivity index (χ4v) is 6.41. The minimum absolute atomic E-state index is 0.0351. The van der Waals surface area contributed by atoms with E-state index in [1.54, 1.807) is 6.08 Å². The second-order valence-corrected chi connectivity index (χ2v) is 8.30. The maximum atomic E-state index is 13.9. The van der Waals surface area contributed by atoms with Crippen molar-refractivity contribution < 1.29 is 18.4 Å². The largest absolute Gasteiger partial charge is 0.299 e. The van der Waals surface area contributed by atoms with Crippen molar-refractivity contribution in [2.45, 2.75) is 58.3 Å². The van der Waals surface area contributed by atoms with Crippen molar-refractivity contribution in [3.8, 4) is 0 Å². The summed E-state index contributed by atoms with van der Waals surface area (Å²) < 4.78 is 27.8. The second kappa shape index (κ2) is 5.22. The summed E-state index contributed by atoms with van der Waals surface area (Å²) in [5.74, 6) is 0.276. The SMILES string of the molecule is C[C@]12CC(C(F)F)C3C4CCC(=O)C=C4CCC3C1CCC2=O. The van der Waals surface area contributed by atoms with Gasteiger partial charge in [0.05, 0.1) is 0 Å². The van der Waals surface area contributed by atoms with Gasteiger partial charge in [-0.2, -0.15) is 0 Å². The number of rotatable bonds is 1. The summed E-state index contributed by atoms with van der Waals surface area (Å²) in [6, 6.07) is 0. The van der Waals surface area contributed by atoms with Gasteiger partial charge in [-0.05, 0) is 61.9 Å². The minimum atomic E-state index is -2.37. The lowest BCUT2D eigenvalue weighted by atomic mass is 9.49. The number of hydrogen-bond acceptors (Lipinski definition) is 2. The van der Waals surface area contributed by atoms with Crippen LogP contribution in [0.3, 0.4) is 0 Å². The van der Waals surface area contributed by atoms with E-state index in [0.717, 1.165) is 31.3 Å². The van der Waals surface area contributed by atoms with Gasteiger partial charge in [0.15, 0.2) is 5.78 Å². The van der Waals surface area contributed by atoms with Crippen LogP contribution in [-0.2, 0) is 9.59 Å². The Morgan fingerprint density at radius 2 is 1.91 bits per heavy atom. The van der Waals surface area contributed by atoms with Crippen molar-refractivity contribution in [1.82, 2.24) is 0 Å². The molecule has 0 aromatic carbocycles. The van der Waals surface area contributed by atoms with Crippen LogP contribution < -0.4 is 0 Å². The molecule has 0 aliphatic heterocycles. The monoisotopic (exact) mass is 322 g/mol. The summed E-state index contributed by atoms with van der Waals surface area (Å²) >= 11 is 0. The van der Waals surface area contributed by atoms with Gasteiger partial charge in [-0.3, -0.25) is 9.59 Å². The average Bonchev–Trinajstić information content (AvgIpc) is 2.81. The molecule has 0 aromatic rings. The van der Waals surface area contributed by atoms with E-state index >= 15 is 0 Å². The van der Waals surface area contributed by atoms with Gasteiger partial charge in [0.25, 0.3) is 0 Å². The van der Waals surface area contributed by atoms with Crippen LogP contribution in [0.25, 0.3) is 0 Å². The number of ketones is 2. The summed E-state index contributed by atoms with van der Waals surface area (Å²) in [6.07, 6.45) is 4.09. The lowest BCUT2D eigenvalue weighted by Gasteiger charge is -2.55. The first-order valence-corrected chi connectivity index (χ1v) is 8.96. The molecule has 5 unspecified atom stereocenters. The summed E-state index contributed by atoms with van der Waals surface area (Å²) in [5, 5.41) is 0. The summed E-state index contributed by atoms with van der Waals surface area (Å²) in [4.78, 5) is 24.1. The van der Waals surface area contributed by atoms with Crippen molar-refractivity contribution in [2.24, 2.45) is 35.0 Å². The molecule has 3 saturated carbocycles. The highest BCUT2D eigenvalue weighted by Gasteiger charge is 2.60. The lowest BCUT2D eigenvalue weighted by Crippen LogP contribution is -2.52. The molecule has 0 saturated heterocycles. The van der Waals surface area contributed by atoms with E-state index in [1.165, 1.54) is 0 Å². The fraction of sp³-hybridized carbons (Fsp3) is 0.789. The Bertz CT molecular complexity index is 582. The molecular formula is C19H24F2O2. The van der Waals surface area contributed by atoms with Gasteiger partial charge < -0.3 is 0 Å². The van der Waals surface area contributed by atoms with Crippen LogP contribution in [0.2, 0.25) is 0 Å². The Morgan fingerprint density at radius 1 is 1.13 bits per heavy atom. The molecule has 0 N–H and O–H groups in total. The van der Waals surface area contributed by atoms with Crippen molar-refractivity contribution in [3.05, 3.63) is 11.6 Å². The first kappa shape index (κ1) is 15.5. The Labute approximate surface area is 135 Å². The van der Waals surface area contributed by atoms with E-state index in [2.05, 4.69) is 0 Å². The molecule has 2 nitrogen and oxygen atoms in total. The zero-order chi connectivity index (χ0) is 16.4. The predicted molar refractivity (Wildman–Crippen MR) is 82.0 cm³/mol. The molecule has 4 aliphatic carbocycles. The second-order valence-electron chi connectivity index (χ2n) is 8.30. The molecule has 4 rings (SSSR count). The molecule has 3 fully saturated rings. The average molecular weight is 322 g/mol. The zero-order valence-corrected chi connectivity index (χ0v) is 13.6. The van der Waals surface area contributed by atoms with Crippen LogP contribution in [0, 0.1) is 35.0 Å².